The van der Waals surface area contributed by atoms with E-state index in [0.29, 0.717) is 30.5 Å². The maximum absolute atomic E-state index is 13.9. The van der Waals surface area contributed by atoms with E-state index < -0.39 is 11.4 Å². The summed E-state index contributed by atoms with van der Waals surface area (Å²) in [5.41, 5.74) is 1.57. The van der Waals surface area contributed by atoms with Gasteiger partial charge in [0.25, 0.3) is 5.91 Å². The Morgan fingerprint density at radius 3 is 2.66 bits per heavy atom. The minimum atomic E-state index is -0.611. The van der Waals surface area contributed by atoms with E-state index in [2.05, 4.69) is 44.1 Å². The number of pyridine rings is 1. The highest BCUT2D eigenvalue weighted by molar-refractivity contribution is 6.03. The van der Waals surface area contributed by atoms with Crippen molar-refractivity contribution in [1.29, 1.82) is 0 Å². The van der Waals surface area contributed by atoms with E-state index in [4.69, 9.17) is 11.3 Å². The number of aromatic amines is 1. The summed E-state index contributed by atoms with van der Waals surface area (Å²) in [6.07, 6.45) is 3.58. The first-order chi connectivity index (χ1) is 18.2. The van der Waals surface area contributed by atoms with Gasteiger partial charge in [-0.2, -0.15) is 5.10 Å². The number of aromatic nitrogens is 3. The Hall–Kier alpha value is -3.49. The molecule has 11 heteroatoms. The van der Waals surface area contributed by atoms with Gasteiger partial charge in [0.2, 0.25) is 5.69 Å². The molecular weight excluding hydrogens is 484 g/mol. The van der Waals surface area contributed by atoms with Crippen LogP contribution in [0.15, 0.2) is 18.3 Å². The molecule has 3 aliphatic heterocycles. The molecule has 3 amide bonds. The lowest BCUT2D eigenvalue weighted by atomic mass is 9.97. The third-order valence-corrected chi connectivity index (χ3v) is 8.24. The van der Waals surface area contributed by atoms with Gasteiger partial charge in [0.1, 0.15) is 5.69 Å². The highest BCUT2D eigenvalue weighted by Gasteiger charge is 2.47. The number of piperazine rings is 1. The Balaban J connectivity index is 1.26. The molecule has 202 valence electrons. The topological polar surface area (TPSA) is 111 Å². The summed E-state index contributed by atoms with van der Waals surface area (Å²) < 4.78 is 5.52. The van der Waals surface area contributed by atoms with Crippen LogP contribution in [0.2, 0.25) is 0 Å². The van der Waals surface area contributed by atoms with Gasteiger partial charge in [-0.25, -0.2) is 9.64 Å². The van der Waals surface area contributed by atoms with E-state index in [1.807, 2.05) is 23.6 Å². The predicted octanol–water partition coefficient (Wildman–Crippen LogP) is 3.60. The number of amides is 3. The van der Waals surface area contributed by atoms with Crippen molar-refractivity contribution in [1.82, 2.24) is 29.9 Å². The molecule has 2 atom stereocenters. The molecule has 0 spiro atoms. The molecule has 0 bridgehead atoms. The molecule has 3 aliphatic rings. The molecule has 0 aliphatic carbocycles. The van der Waals surface area contributed by atoms with Crippen LogP contribution in [0.4, 0.5) is 16.3 Å². The van der Waals surface area contributed by atoms with E-state index >= 15 is 0 Å². The van der Waals surface area contributed by atoms with Crippen LogP contribution in [0.5, 0.6) is 0 Å². The van der Waals surface area contributed by atoms with Crippen LogP contribution in [0.3, 0.4) is 0 Å². The third-order valence-electron chi connectivity index (χ3n) is 8.24. The Bertz CT molecular complexity index is 1230. The minimum Gasteiger partial charge on any atom is -0.381 e. The highest BCUT2D eigenvalue weighted by atomic mass is 16.5. The minimum absolute atomic E-state index is 0.00153. The number of hydrogen-bond donors (Lipinski definition) is 2. The van der Waals surface area contributed by atoms with Crippen molar-refractivity contribution in [3.63, 3.8) is 0 Å². The van der Waals surface area contributed by atoms with Gasteiger partial charge in [0, 0.05) is 56.7 Å². The summed E-state index contributed by atoms with van der Waals surface area (Å²) in [7, 11) is 0. The number of hydrogen-bond acceptors (Lipinski definition) is 6. The van der Waals surface area contributed by atoms with Crippen LogP contribution in [-0.4, -0.2) is 86.8 Å². The van der Waals surface area contributed by atoms with Crippen LogP contribution < -0.4 is 5.32 Å². The number of ether oxygens (including phenoxy) is 1. The predicted molar refractivity (Wildman–Crippen MR) is 142 cm³/mol. The second-order valence-electron chi connectivity index (χ2n) is 11.2. The number of urea groups is 1. The van der Waals surface area contributed by atoms with Gasteiger partial charge in [0.15, 0.2) is 5.82 Å². The highest BCUT2D eigenvalue weighted by Crippen LogP contribution is 2.41. The van der Waals surface area contributed by atoms with Crippen LogP contribution in [0, 0.1) is 12.5 Å². The standard InChI is InChI=1S/C27H36N8O3/c1-17-14-34(18(2)13-33(17)15-19-8-10-38-11-9-19)26(37)35-16-21-23(27(35,3)4)31-32-24(21)30-25(36)22-7-6-20(28-5)12-29-22/h6-7,12,17-19H,8-11,13-16H2,1-4H3,(H2,30,31,32,36)/t17-,18+/m1/s1. The number of nitrogens with one attached hydrogen (secondary N) is 2. The molecule has 5 heterocycles. The molecule has 2 aromatic rings. The van der Waals surface area contributed by atoms with E-state index in [9.17, 15) is 9.59 Å². The number of carbonyl (C=O) groups is 2. The summed E-state index contributed by atoms with van der Waals surface area (Å²) in [6.45, 7) is 20.0. The maximum Gasteiger partial charge on any atom is 0.321 e. The Morgan fingerprint density at radius 1 is 1.21 bits per heavy atom. The average molecular weight is 521 g/mol. The zero-order valence-corrected chi connectivity index (χ0v) is 22.5. The lowest BCUT2D eigenvalue weighted by Crippen LogP contribution is -2.62. The third kappa shape index (κ3) is 4.86. The van der Waals surface area contributed by atoms with Crippen molar-refractivity contribution < 1.29 is 14.3 Å². The van der Waals surface area contributed by atoms with Gasteiger partial charge in [-0.3, -0.25) is 19.8 Å². The second kappa shape index (κ2) is 10.3. The lowest BCUT2D eigenvalue weighted by Gasteiger charge is -2.47. The molecule has 0 radical (unpaired) electrons. The number of carbonyl (C=O) groups excluding carboxylic acids is 2. The number of anilines is 1. The van der Waals surface area contributed by atoms with Gasteiger partial charge in [-0.1, -0.05) is 6.07 Å². The number of fused-ring (bicyclic) bond motifs is 1. The molecular formula is C27H36N8O3. The summed E-state index contributed by atoms with van der Waals surface area (Å²) in [6, 6.07) is 3.44. The van der Waals surface area contributed by atoms with Gasteiger partial charge < -0.3 is 19.9 Å². The molecule has 11 nitrogen and oxygen atoms in total. The first kappa shape index (κ1) is 26.1. The fraction of sp³-hybridized carbons (Fsp3) is 0.593. The van der Waals surface area contributed by atoms with Crippen molar-refractivity contribution in [3.05, 3.63) is 46.7 Å². The normalized spacial score (nSPS) is 23.7. The van der Waals surface area contributed by atoms with Gasteiger partial charge in [0.05, 0.1) is 24.3 Å². The zero-order valence-electron chi connectivity index (χ0n) is 22.5. The SMILES string of the molecule is [C-]#[N+]c1ccc(C(=O)Nc2n[nH]c3c2CN(C(=O)N2C[C@@H](C)N(CC4CCOCC4)C[C@@H]2C)C3(C)C)nc1. The van der Waals surface area contributed by atoms with Gasteiger partial charge in [-0.15, -0.1) is 0 Å². The Labute approximate surface area is 223 Å². The Kier molecular flexibility index (Phi) is 7.11. The molecule has 0 aromatic carbocycles. The molecule has 0 unspecified atom stereocenters. The van der Waals surface area contributed by atoms with Crippen molar-refractivity contribution in [2.45, 2.75) is 64.7 Å². The van der Waals surface area contributed by atoms with Crippen molar-refractivity contribution in [2.75, 3.05) is 38.2 Å². The van der Waals surface area contributed by atoms with Crippen LogP contribution in [-0.2, 0) is 16.8 Å². The van der Waals surface area contributed by atoms with Gasteiger partial charge >= 0.3 is 6.03 Å². The van der Waals surface area contributed by atoms with Crippen LogP contribution in [0.25, 0.3) is 4.85 Å². The number of nitrogens with zero attached hydrogens (tertiary/aromatic N) is 6. The molecule has 38 heavy (non-hydrogen) atoms. The zero-order chi connectivity index (χ0) is 27.0. The average Bonchev–Trinajstić information content (AvgIpc) is 3.43. The Morgan fingerprint density at radius 2 is 1.97 bits per heavy atom. The smallest absolute Gasteiger partial charge is 0.321 e. The molecule has 5 rings (SSSR count). The maximum atomic E-state index is 13.9. The molecule has 2 aromatic heterocycles. The monoisotopic (exact) mass is 520 g/mol. The van der Waals surface area contributed by atoms with E-state index in [0.717, 1.165) is 50.4 Å². The molecule has 0 saturated carbocycles. The summed E-state index contributed by atoms with van der Waals surface area (Å²) in [4.78, 5) is 40.5. The number of rotatable bonds is 4. The van der Waals surface area contributed by atoms with Gasteiger partial charge in [-0.05, 0) is 52.5 Å². The van der Waals surface area contributed by atoms with Crippen LogP contribution >= 0.6 is 0 Å². The summed E-state index contributed by atoms with van der Waals surface area (Å²) in [5, 5.41) is 10.2. The summed E-state index contributed by atoms with van der Waals surface area (Å²) in [5.74, 6) is 0.638. The molecule has 2 fully saturated rings. The fourth-order valence-electron chi connectivity index (χ4n) is 5.82. The second-order valence-corrected chi connectivity index (χ2v) is 11.2. The van der Waals surface area contributed by atoms with Crippen molar-refractivity contribution in [2.24, 2.45) is 5.92 Å². The van der Waals surface area contributed by atoms with E-state index in [1.165, 1.54) is 12.3 Å². The number of H-pyrrole nitrogens is 1. The van der Waals surface area contributed by atoms with E-state index in [-0.39, 0.29) is 23.8 Å². The fourth-order valence-corrected chi connectivity index (χ4v) is 5.82. The summed E-state index contributed by atoms with van der Waals surface area (Å²) >= 11 is 0. The molecule has 2 N–H and O–H groups in total. The first-order valence-corrected chi connectivity index (χ1v) is 13.3. The van der Waals surface area contributed by atoms with E-state index in [1.54, 1.807) is 6.07 Å². The quantitative estimate of drug-likeness (QED) is 0.596. The largest absolute Gasteiger partial charge is 0.381 e. The lowest BCUT2D eigenvalue weighted by molar-refractivity contribution is 0.00882. The first-order valence-electron chi connectivity index (χ1n) is 13.3. The van der Waals surface area contributed by atoms with Crippen molar-refractivity contribution in [3.8, 4) is 0 Å². The van der Waals surface area contributed by atoms with Crippen LogP contribution in [0.1, 0.15) is 62.3 Å². The van der Waals surface area contributed by atoms with Crippen molar-refractivity contribution >= 4 is 23.4 Å². The molecule has 2 saturated heterocycles.